The van der Waals surface area contributed by atoms with Crippen molar-refractivity contribution >= 4 is 0 Å². The second kappa shape index (κ2) is 4.51. The van der Waals surface area contributed by atoms with Crippen molar-refractivity contribution < 1.29 is 0 Å². The highest BCUT2D eigenvalue weighted by molar-refractivity contribution is 4.87. The zero-order valence-corrected chi connectivity index (χ0v) is 9.54. The maximum absolute atomic E-state index is 3.87. The van der Waals surface area contributed by atoms with Crippen molar-refractivity contribution in [1.29, 1.82) is 0 Å². The predicted octanol–water partition coefficient (Wildman–Crippen LogP) is 4.42. The Hall–Kier alpha value is -0.260. The maximum atomic E-state index is 3.87. The van der Waals surface area contributed by atoms with Gasteiger partial charge in [-0.2, -0.15) is 0 Å². The maximum Gasteiger partial charge on any atom is -0.0325 e. The lowest BCUT2D eigenvalue weighted by Gasteiger charge is -2.41. The molecule has 14 heavy (non-hydrogen) atoms. The van der Waals surface area contributed by atoms with Gasteiger partial charge in [-0.05, 0) is 62.2 Å². The van der Waals surface area contributed by atoms with E-state index in [0.29, 0.717) is 0 Å². The standard InChI is InChI=1S/C14H24/c1-3-4-12-6-8-13-9-11(2)5-7-14(13)10-12/h3,11-14H,1,4-10H2,2H3/t11-,12?,13?,14-/m1/s1. The van der Waals surface area contributed by atoms with Gasteiger partial charge in [0.2, 0.25) is 0 Å². The molecule has 0 bridgehead atoms. The molecule has 0 saturated heterocycles. The van der Waals surface area contributed by atoms with Crippen molar-refractivity contribution in [2.75, 3.05) is 0 Å². The third kappa shape index (κ3) is 2.21. The molecule has 0 radical (unpaired) electrons. The van der Waals surface area contributed by atoms with Gasteiger partial charge in [-0.3, -0.25) is 0 Å². The van der Waals surface area contributed by atoms with Crippen LogP contribution in [0.1, 0.15) is 51.9 Å². The van der Waals surface area contributed by atoms with Gasteiger partial charge < -0.3 is 0 Å². The molecule has 4 atom stereocenters. The Balaban J connectivity index is 1.88. The van der Waals surface area contributed by atoms with E-state index in [0.717, 1.165) is 23.7 Å². The number of allylic oxidation sites excluding steroid dienone is 1. The first-order valence-corrected chi connectivity index (χ1v) is 6.40. The van der Waals surface area contributed by atoms with Gasteiger partial charge in [0.1, 0.15) is 0 Å². The van der Waals surface area contributed by atoms with Gasteiger partial charge in [0, 0.05) is 0 Å². The quantitative estimate of drug-likeness (QED) is 0.568. The summed E-state index contributed by atoms with van der Waals surface area (Å²) in [6.07, 6.45) is 12.4. The van der Waals surface area contributed by atoms with E-state index in [2.05, 4.69) is 19.6 Å². The van der Waals surface area contributed by atoms with Crippen LogP contribution in [0, 0.1) is 23.7 Å². The average molecular weight is 192 g/mol. The Morgan fingerprint density at radius 2 is 1.79 bits per heavy atom. The average Bonchev–Trinajstić information content (AvgIpc) is 2.19. The molecule has 0 amide bonds. The summed E-state index contributed by atoms with van der Waals surface area (Å²) in [4.78, 5) is 0. The summed E-state index contributed by atoms with van der Waals surface area (Å²) in [5, 5.41) is 0. The van der Waals surface area contributed by atoms with Gasteiger partial charge in [-0.25, -0.2) is 0 Å². The molecule has 0 aliphatic heterocycles. The van der Waals surface area contributed by atoms with E-state index in [1.807, 2.05) is 0 Å². The van der Waals surface area contributed by atoms with Crippen LogP contribution >= 0.6 is 0 Å². The fraction of sp³-hybridized carbons (Fsp3) is 0.857. The summed E-state index contributed by atoms with van der Waals surface area (Å²) < 4.78 is 0. The van der Waals surface area contributed by atoms with Gasteiger partial charge in [-0.1, -0.05) is 19.4 Å². The van der Waals surface area contributed by atoms with Crippen LogP contribution in [0.25, 0.3) is 0 Å². The second-order valence-corrected chi connectivity index (χ2v) is 5.64. The Bertz CT molecular complexity index is 194. The minimum atomic E-state index is 0.974. The Morgan fingerprint density at radius 1 is 1.07 bits per heavy atom. The SMILES string of the molecule is C=CCC1CCC2C[C@H](C)CC[C@@H]2C1. The molecular formula is C14H24. The minimum absolute atomic E-state index is 0.974. The first-order chi connectivity index (χ1) is 6.79. The molecule has 0 nitrogen and oxygen atoms in total. The third-order valence-electron chi connectivity index (χ3n) is 4.48. The number of rotatable bonds is 2. The van der Waals surface area contributed by atoms with Gasteiger partial charge in [-0.15, -0.1) is 6.58 Å². The lowest BCUT2D eigenvalue weighted by molar-refractivity contribution is 0.105. The van der Waals surface area contributed by atoms with Crippen molar-refractivity contribution in [2.24, 2.45) is 23.7 Å². The number of fused-ring (bicyclic) bond motifs is 1. The molecule has 80 valence electrons. The summed E-state index contributed by atoms with van der Waals surface area (Å²) in [5.74, 6) is 4.14. The number of hydrogen-bond donors (Lipinski definition) is 0. The largest absolute Gasteiger partial charge is 0.103 e. The van der Waals surface area contributed by atoms with E-state index in [9.17, 15) is 0 Å². The van der Waals surface area contributed by atoms with Crippen molar-refractivity contribution in [3.8, 4) is 0 Å². The Morgan fingerprint density at radius 3 is 2.57 bits per heavy atom. The first kappa shape index (κ1) is 10.3. The zero-order valence-electron chi connectivity index (χ0n) is 9.54. The summed E-state index contributed by atoms with van der Waals surface area (Å²) in [6, 6.07) is 0. The lowest BCUT2D eigenvalue weighted by Crippen LogP contribution is -2.30. The van der Waals surface area contributed by atoms with Crippen molar-refractivity contribution in [1.82, 2.24) is 0 Å². The molecule has 0 heteroatoms. The Labute approximate surface area is 88.8 Å². The van der Waals surface area contributed by atoms with E-state index in [4.69, 9.17) is 0 Å². The van der Waals surface area contributed by atoms with Crippen molar-refractivity contribution in [3.63, 3.8) is 0 Å². The van der Waals surface area contributed by atoms with Crippen LogP contribution in [0.2, 0.25) is 0 Å². The molecule has 0 aromatic carbocycles. The fourth-order valence-electron chi connectivity index (χ4n) is 3.67. The number of hydrogen-bond acceptors (Lipinski definition) is 0. The van der Waals surface area contributed by atoms with Gasteiger partial charge >= 0.3 is 0 Å². The van der Waals surface area contributed by atoms with Crippen LogP contribution in [0.15, 0.2) is 12.7 Å². The van der Waals surface area contributed by atoms with Crippen LogP contribution in [0.5, 0.6) is 0 Å². The molecule has 0 N–H and O–H groups in total. The molecule has 0 aromatic heterocycles. The third-order valence-corrected chi connectivity index (χ3v) is 4.48. The predicted molar refractivity (Wildman–Crippen MR) is 62.2 cm³/mol. The summed E-state index contributed by atoms with van der Waals surface area (Å²) in [6.45, 7) is 6.31. The first-order valence-electron chi connectivity index (χ1n) is 6.40. The van der Waals surface area contributed by atoms with Crippen LogP contribution in [0.3, 0.4) is 0 Å². The molecule has 0 heterocycles. The Kier molecular flexibility index (Phi) is 3.30. The molecule has 2 aliphatic rings. The van der Waals surface area contributed by atoms with Crippen molar-refractivity contribution in [3.05, 3.63) is 12.7 Å². The highest BCUT2D eigenvalue weighted by Crippen LogP contribution is 2.45. The van der Waals surface area contributed by atoms with E-state index < -0.39 is 0 Å². The fourth-order valence-corrected chi connectivity index (χ4v) is 3.67. The molecule has 2 rings (SSSR count). The smallest absolute Gasteiger partial charge is 0.0325 e. The lowest BCUT2D eigenvalue weighted by atomic mass is 9.65. The normalized spacial score (nSPS) is 42.9. The van der Waals surface area contributed by atoms with Crippen LogP contribution in [0.4, 0.5) is 0 Å². The molecule has 2 unspecified atom stereocenters. The second-order valence-electron chi connectivity index (χ2n) is 5.64. The van der Waals surface area contributed by atoms with E-state index in [1.165, 1.54) is 44.9 Å². The monoisotopic (exact) mass is 192 g/mol. The summed E-state index contributed by atoms with van der Waals surface area (Å²) in [7, 11) is 0. The highest BCUT2D eigenvalue weighted by atomic mass is 14.4. The summed E-state index contributed by atoms with van der Waals surface area (Å²) in [5.41, 5.74) is 0. The van der Waals surface area contributed by atoms with Crippen LogP contribution < -0.4 is 0 Å². The molecule has 0 spiro atoms. The van der Waals surface area contributed by atoms with Crippen LogP contribution in [-0.4, -0.2) is 0 Å². The minimum Gasteiger partial charge on any atom is -0.103 e. The van der Waals surface area contributed by atoms with E-state index in [1.54, 1.807) is 0 Å². The van der Waals surface area contributed by atoms with Crippen LogP contribution in [-0.2, 0) is 0 Å². The molecule has 2 fully saturated rings. The van der Waals surface area contributed by atoms with Gasteiger partial charge in [0.15, 0.2) is 0 Å². The van der Waals surface area contributed by atoms with Crippen molar-refractivity contribution in [2.45, 2.75) is 51.9 Å². The van der Waals surface area contributed by atoms with Gasteiger partial charge in [0.05, 0.1) is 0 Å². The molecular weight excluding hydrogens is 168 g/mol. The van der Waals surface area contributed by atoms with E-state index in [-0.39, 0.29) is 0 Å². The van der Waals surface area contributed by atoms with E-state index >= 15 is 0 Å². The molecule has 2 aliphatic carbocycles. The highest BCUT2D eigenvalue weighted by Gasteiger charge is 2.33. The van der Waals surface area contributed by atoms with Gasteiger partial charge in [0.25, 0.3) is 0 Å². The topological polar surface area (TPSA) is 0 Å². The molecule has 0 aromatic rings. The zero-order chi connectivity index (χ0) is 9.97. The molecule has 2 saturated carbocycles. The summed E-state index contributed by atoms with van der Waals surface area (Å²) >= 11 is 0.